The molecule has 0 aromatic heterocycles. The lowest BCUT2D eigenvalue weighted by Gasteiger charge is -2.29. The van der Waals surface area contributed by atoms with E-state index in [-0.39, 0.29) is 48.2 Å². The molecule has 1 aliphatic heterocycles. The van der Waals surface area contributed by atoms with Gasteiger partial charge in [-0.1, -0.05) is 31.2 Å². The third-order valence-corrected chi connectivity index (χ3v) is 7.73. The van der Waals surface area contributed by atoms with E-state index in [2.05, 4.69) is 5.32 Å². The quantitative estimate of drug-likeness (QED) is 0.506. The van der Waals surface area contributed by atoms with Gasteiger partial charge >= 0.3 is 0 Å². The number of nitrogens with one attached hydrogen (secondary N) is 1. The number of amides is 3. The lowest BCUT2D eigenvalue weighted by molar-refractivity contribution is -0.140. The molecular formula is C25H31N3O6S. The number of hydrogen-bond acceptors (Lipinski definition) is 6. The highest BCUT2D eigenvalue weighted by molar-refractivity contribution is 7.90. The van der Waals surface area contributed by atoms with Crippen molar-refractivity contribution in [3.05, 3.63) is 59.7 Å². The van der Waals surface area contributed by atoms with Crippen molar-refractivity contribution in [1.82, 2.24) is 14.5 Å². The van der Waals surface area contributed by atoms with Crippen LogP contribution < -0.4 is 10.1 Å². The van der Waals surface area contributed by atoms with Gasteiger partial charge in [-0.3, -0.25) is 14.4 Å². The molecule has 35 heavy (non-hydrogen) atoms. The molecule has 1 atom stereocenters. The fourth-order valence-electron chi connectivity index (χ4n) is 3.88. The van der Waals surface area contributed by atoms with Crippen molar-refractivity contribution >= 4 is 27.7 Å². The van der Waals surface area contributed by atoms with E-state index >= 15 is 0 Å². The van der Waals surface area contributed by atoms with Crippen LogP contribution in [-0.4, -0.2) is 61.6 Å². The van der Waals surface area contributed by atoms with E-state index in [1.165, 1.54) is 17.0 Å². The number of benzene rings is 2. The number of carbonyl (C=O) groups excluding carboxylic acids is 3. The van der Waals surface area contributed by atoms with Gasteiger partial charge in [0.05, 0.1) is 12.7 Å². The van der Waals surface area contributed by atoms with Crippen molar-refractivity contribution in [2.75, 3.05) is 20.2 Å². The molecule has 10 heteroatoms. The molecule has 3 amide bonds. The van der Waals surface area contributed by atoms with Gasteiger partial charge in [-0.05, 0) is 49.6 Å². The average Bonchev–Trinajstić information content (AvgIpc) is 3.06. The van der Waals surface area contributed by atoms with E-state index in [4.69, 9.17) is 4.74 Å². The second-order valence-electron chi connectivity index (χ2n) is 8.32. The molecule has 9 nitrogen and oxygen atoms in total. The summed E-state index contributed by atoms with van der Waals surface area (Å²) in [5.74, 6) is -0.476. The topological polar surface area (TPSA) is 113 Å². The Kier molecular flexibility index (Phi) is 8.50. The van der Waals surface area contributed by atoms with Gasteiger partial charge in [0.25, 0.3) is 15.9 Å². The molecule has 0 saturated carbocycles. The van der Waals surface area contributed by atoms with Gasteiger partial charge in [0.1, 0.15) is 16.7 Å². The van der Waals surface area contributed by atoms with Gasteiger partial charge in [0.2, 0.25) is 11.8 Å². The van der Waals surface area contributed by atoms with E-state index in [0.717, 1.165) is 16.3 Å². The van der Waals surface area contributed by atoms with Crippen LogP contribution >= 0.6 is 0 Å². The van der Waals surface area contributed by atoms with Gasteiger partial charge in [-0.2, -0.15) is 0 Å². The van der Waals surface area contributed by atoms with Gasteiger partial charge < -0.3 is 15.0 Å². The fraction of sp³-hybridized carbons (Fsp3) is 0.400. The van der Waals surface area contributed by atoms with Crippen molar-refractivity contribution in [3.8, 4) is 5.75 Å². The summed E-state index contributed by atoms with van der Waals surface area (Å²) in [5.41, 5.74) is 0.961. The number of methoxy groups -OCH3 is 1. The Morgan fingerprint density at radius 2 is 1.80 bits per heavy atom. The largest absolute Gasteiger partial charge is 0.497 e. The van der Waals surface area contributed by atoms with Crippen molar-refractivity contribution < 1.29 is 27.5 Å². The molecule has 2 aromatic carbocycles. The van der Waals surface area contributed by atoms with Crippen LogP contribution in [0.15, 0.2) is 53.4 Å². The van der Waals surface area contributed by atoms with Gasteiger partial charge in [-0.25, -0.2) is 12.7 Å². The summed E-state index contributed by atoms with van der Waals surface area (Å²) in [6.07, 6.45) is 0.892. The van der Waals surface area contributed by atoms with Crippen LogP contribution in [-0.2, 0) is 26.2 Å². The highest BCUT2D eigenvalue weighted by atomic mass is 32.2. The van der Waals surface area contributed by atoms with Crippen LogP contribution in [0.2, 0.25) is 0 Å². The molecule has 188 valence electrons. The molecule has 0 fully saturated rings. The molecular weight excluding hydrogens is 470 g/mol. The third-order valence-electron chi connectivity index (χ3n) is 5.89. The van der Waals surface area contributed by atoms with E-state index < -0.39 is 22.0 Å². The van der Waals surface area contributed by atoms with Crippen LogP contribution in [0.25, 0.3) is 0 Å². The Morgan fingerprint density at radius 3 is 2.43 bits per heavy atom. The number of rotatable bonds is 11. The second-order valence-corrected chi connectivity index (χ2v) is 10.1. The minimum Gasteiger partial charge on any atom is -0.497 e. The minimum atomic E-state index is -3.93. The Morgan fingerprint density at radius 1 is 1.11 bits per heavy atom. The first-order chi connectivity index (χ1) is 16.7. The smallest absolute Gasteiger partial charge is 0.269 e. The number of carbonyl (C=O) groups is 3. The molecule has 1 aliphatic rings. The van der Waals surface area contributed by atoms with Crippen molar-refractivity contribution in [2.24, 2.45) is 0 Å². The minimum absolute atomic E-state index is 0.0151. The van der Waals surface area contributed by atoms with Gasteiger partial charge in [0, 0.05) is 26.1 Å². The van der Waals surface area contributed by atoms with Crippen LogP contribution in [0.1, 0.15) is 49.0 Å². The van der Waals surface area contributed by atoms with E-state index in [9.17, 15) is 22.8 Å². The standard InChI is InChI=1S/C25H31N3O6S/c1-4-15-26-24(30)18(2)27(17-19-11-13-20(34-3)14-12-19)23(29)10-7-16-28-25(31)21-8-5-6-9-22(21)35(28,32)33/h5-6,8-9,11-14,18H,4,7,10,15-17H2,1-3H3,(H,26,30). The Hall–Kier alpha value is -3.40. The second kappa shape index (κ2) is 11.4. The van der Waals surface area contributed by atoms with Crippen LogP contribution in [0.3, 0.4) is 0 Å². The molecule has 0 aliphatic carbocycles. The summed E-state index contributed by atoms with van der Waals surface area (Å²) >= 11 is 0. The molecule has 0 radical (unpaired) electrons. The van der Waals surface area contributed by atoms with Crippen molar-refractivity contribution in [1.29, 1.82) is 0 Å². The zero-order chi connectivity index (χ0) is 25.6. The van der Waals surface area contributed by atoms with Crippen LogP contribution in [0.5, 0.6) is 5.75 Å². The molecule has 1 N–H and O–H groups in total. The third kappa shape index (κ3) is 5.82. The fourth-order valence-corrected chi connectivity index (χ4v) is 5.48. The number of fused-ring (bicyclic) bond motifs is 1. The summed E-state index contributed by atoms with van der Waals surface area (Å²) in [7, 11) is -2.36. The first-order valence-corrected chi connectivity index (χ1v) is 13.0. The molecule has 0 bridgehead atoms. The predicted molar refractivity (Wildman–Crippen MR) is 130 cm³/mol. The van der Waals surface area contributed by atoms with Gasteiger partial charge in [-0.15, -0.1) is 0 Å². The normalized spacial score (nSPS) is 14.8. The molecule has 1 unspecified atom stereocenters. The number of nitrogens with zero attached hydrogens (tertiary/aromatic N) is 2. The first kappa shape index (κ1) is 26.2. The number of ether oxygens (including phenoxy) is 1. The number of hydrogen-bond donors (Lipinski definition) is 1. The Bertz CT molecular complexity index is 1180. The zero-order valence-electron chi connectivity index (χ0n) is 20.2. The maximum atomic E-state index is 13.2. The molecule has 0 saturated heterocycles. The van der Waals surface area contributed by atoms with E-state index in [1.54, 1.807) is 38.3 Å². The first-order valence-electron chi connectivity index (χ1n) is 11.6. The van der Waals surface area contributed by atoms with Crippen LogP contribution in [0, 0.1) is 0 Å². The predicted octanol–water partition coefficient (Wildman–Crippen LogP) is 2.56. The van der Waals surface area contributed by atoms with Gasteiger partial charge in [0.15, 0.2) is 0 Å². The maximum absolute atomic E-state index is 13.2. The summed E-state index contributed by atoms with van der Waals surface area (Å²) in [4.78, 5) is 39.9. The monoisotopic (exact) mass is 501 g/mol. The highest BCUT2D eigenvalue weighted by Crippen LogP contribution is 2.30. The van der Waals surface area contributed by atoms with Crippen molar-refractivity contribution in [3.63, 3.8) is 0 Å². The lowest BCUT2D eigenvalue weighted by Crippen LogP contribution is -2.47. The summed E-state index contributed by atoms with van der Waals surface area (Å²) < 4.78 is 31.5. The average molecular weight is 502 g/mol. The van der Waals surface area contributed by atoms with Crippen LogP contribution in [0.4, 0.5) is 0 Å². The van der Waals surface area contributed by atoms with E-state index in [0.29, 0.717) is 12.3 Å². The lowest BCUT2D eigenvalue weighted by atomic mass is 10.1. The highest BCUT2D eigenvalue weighted by Gasteiger charge is 2.40. The Balaban J connectivity index is 1.70. The molecule has 1 heterocycles. The van der Waals surface area contributed by atoms with Crippen molar-refractivity contribution in [2.45, 2.75) is 50.6 Å². The summed E-state index contributed by atoms with van der Waals surface area (Å²) in [6, 6.07) is 12.5. The summed E-state index contributed by atoms with van der Waals surface area (Å²) in [6.45, 7) is 4.20. The SMILES string of the molecule is CCCNC(=O)C(C)N(Cc1ccc(OC)cc1)C(=O)CCCN1C(=O)c2ccccc2S1(=O)=O. The summed E-state index contributed by atoms with van der Waals surface area (Å²) in [5, 5.41) is 2.81. The molecule has 3 rings (SSSR count). The molecule has 0 spiro atoms. The van der Waals surface area contributed by atoms with E-state index in [1.807, 2.05) is 19.1 Å². The Labute approximate surface area is 206 Å². The maximum Gasteiger partial charge on any atom is 0.269 e. The zero-order valence-corrected chi connectivity index (χ0v) is 21.0. The molecule has 2 aromatic rings. The number of sulfonamides is 1.